The van der Waals surface area contributed by atoms with E-state index in [1.807, 2.05) is 0 Å². The lowest BCUT2D eigenvalue weighted by Crippen LogP contribution is -2.40. The number of hydrogen-bond donors (Lipinski definition) is 3. The summed E-state index contributed by atoms with van der Waals surface area (Å²) in [5.41, 5.74) is 4.78. The summed E-state index contributed by atoms with van der Waals surface area (Å²) >= 11 is 5.77. The van der Waals surface area contributed by atoms with Crippen LogP contribution in [0, 0.1) is 5.82 Å². The first-order chi connectivity index (χ1) is 13.1. The highest BCUT2D eigenvalue weighted by molar-refractivity contribution is 7.89. The smallest absolute Gasteiger partial charge is 0.339 e. The lowest BCUT2D eigenvalue weighted by Gasteiger charge is -2.27. The topological polar surface area (TPSA) is 127 Å². The molecule has 28 heavy (non-hydrogen) atoms. The molecule has 0 saturated carbocycles. The average Bonchev–Trinajstić information content (AvgIpc) is 2.60. The van der Waals surface area contributed by atoms with E-state index in [0.717, 1.165) is 6.07 Å². The number of aromatic carboxylic acids is 1. The number of aryl methyl sites for hydroxylation is 1. The van der Waals surface area contributed by atoms with Crippen molar-refractivity contribution in [3.8, 4) is 0 Å². The third kappa shape index (κ3) is 3.87. The number of sulfonamides is 1. The number of nitrogens with two attached hydrogens (primary N) is 1. The zero-order valence-corrected chi connectivity index (χ0v) is 16.0. The summed E-state index contributed by atoms with van der Waals surface area (Å²) < 4.78 is 41.8. The summed E-state index contributed by atoms with van der Waals surface area (Å²) in [6.07, 6.45) is 0.630. The summed E-state index contributed by atoms with van der Waals surface area (Å²) in [4.78, 5) is 23.2. The predicted molar refractivity (Wildman–Crippen MR) is 99.5 cm³/mol. The van der Waals surface area contributed by atoms with Crippen molar-refractivity contribution >= 4 is 33.5 Å². The van der Waals surface area contributed by atoms with Crippen LogP contribution < -0.4 is 10.5 Å². The van der Waals surface area contributed by atoms with Gasteiger partial charge in [0.05, 0.1) is 10.5 Å². The van der Waals surface area contributed by atoms with Crippen LogP contribution in [0.2, 0.25) is 5.02 Å². The molecule has 1 aliphatic rings. The fourth-order valence-corrected chi connectivity index (χ4v) is 4.76. The molecule has 0 radical (unpaired) electrons. The molecule has 0 aliphatic heterocycles. The van der Waals surface area contributed by atoms with Crippen molar-refractivity contribution in [1.29, 1.82) is 0 Å². The molecule has 1 amide bonds. The van der Waals surface area contributed by atoms with Gasteiger partial charge in [0.25, 0.3) is 0 Å². The van der Waals surface area contributed by atoms with Crippen LogP contribution in [0.4, 0.5) is 4.39 Å². The van der Waals surface area contributed by atoms with E-state index in [-0.39, 0.29) is 23.3 Å². The Balaban J connectivity index is 1.96. The number of rotatable bonds is 5. The van der Waals surface area contributed by atoms with Gasteiger partial charge in [0.15, 0.2) is 0 Å². The van der Waals surface area contributed by atoms with Gasteiger partial charge in [-0.3, -0.25) is 4.79 Å². The SMILES string of the molecule is NC(=O)c1c2c(cc(F)c1C(=O)O)CCC(NS(=O)(=O)c1ccc(Cl)cc1)C2. The zero-order valence-electron chi connectivity index (χ0n) is 14.4. The van der Waals surface area contributed by atoms with Gasteiger partial charge in [-0.25, -0.2) is 22.3 Å². The van der Waals surface area contributed by atoms with E-state index in [2.05, 4.69) is 4.72 Å². The largest absolute Gasteiger partial charge is 0.478 e. The van der Waals surface area contributed by atoms with Gasteiger partial charge in [0.2, 0.25) is 15.9 Å². The third-order valence-electron chi connectivity index (χ3n) is 4.60. The van der Waals surface area contributed by atoms with E-state index >= 15 is 0 Å². The molecule has 0 aromatic heterocycles. The molecule has 148 valence electrons. The van der Waals surface area contributed by atoms with E-state index in [1.165, 1.54) is 24.3 Å². The van der Waals surface area contributed by atoms with Crippen molar-refractivity contribution < 1.29 is 27.5 Å². The highest BCUT2D eigenvalue weighted by atomic mass is 35.5. The maximum Gasteiger partial charge on any atom is 0.339 e. The Morgan fingerprint density at radius 2 is 1.86 bits per heavy atom. The molecule has 1 unspecified atom stereocenters. The fourth-order valence-electron chi connectivity index (χ4n) is 3.36. The van der Waals surface area contributed by atoms with Gasteiger partial charge >= 0.3 is 5.97 Å². The first kappa shape index (κ1) is 20.2. The molecule has 2 aromatic rings. The van der Waals surface area contributed by atoms with Crippen molar-refractivity contribution in [1.82, 2.24) is 4.72 Å². The minimum absolute atomic E-state index is 0.0149. The minimum Gasteiger partial charge on any atom is -0.478 e. The fraction of sp³-hybridized carbons (Fsp3) is 0.222. The van der Waals surface area contributed by atoms with E-state index < -0.39 is 44.9 Å². The standard InChI is InChI=1S/C18H16ClFN2O5S/c19-10-2-5-12(6-3-10)28(26,27)22-11-4-1-9-7-14(20)16(18(24)25)15(17(21)23)13(9)8-11/h2-3,5-7,11,22H,1,4,8H2,(H2,21,23)(H,24,25). The molecule has 0 heterocycles. The Morgan fingerprint density at radius 3 is 2.43 bits per heavy atom. The second kappa shape index (κ2) is 7.50. The van der Waals surface area contributed by atoms with Gasteiger partial charge in [-0.15, -0.1) is 0 Å². The molecule has 4 N–H and O–H groups in total. The maximum absolute atomic E-state index is 14.2. The number of primary amides is 1. The van der Waals surface area contributed by atoms with Crippen molar-refractivity contribution in [3.05, 3.63) is 63.4 Å². The molecule has 0 fully saturated rings. The van der Waals surface area contributed by atoms with Gasteiger partial charge in [-0.05, 0) is 60.7 Å². The number of carbonyl (C=O) groups excluding carboxylic acids is 1. The second-order valence-corrected chi connectivity index (χ2v) is 8.58. The van der Waals surface area contributed by atoms with Crippen LogP contribution in [-0.2, 0) is 22.9 Å². The molecule has 10 heteroatoms. The lowest BCUT2D eigenvalue weighted by atomic mass is 9.83. The number of amides is 1. The van der Waals surface area contributed by atoms with Crippen LogP contribution in [0.15, 0.2) is 35.2 Å². The molecule has 0 spiro atoms. The van der Waals surface area contributed by atoms with Gasteiger partial charge in [-0.2, -0.15) is 0 Å². The minimum atomic E-state index is -3.86. The zero-order chi connectivity index (χ0) is 20.6. The molecule has 0 bridgehead atoms. The van der Waals surface area contributed by atoms with Crippen molar-refractivity contribution in [2.45, 2.75) is 30.2 Å². The molecule has 2 aromatic carbocycles. The van der Waals surface area contributed by atoms with Crippen molar-refractivity contribution in [2.75, 3.05) is 0 Å². The van der Waals surface area contributed by atoms with Crippen LogP contribution in [-0.4, -0.2) is 31.4 Å². The number of carboxylic acids is 1. The van der Waals surface area contributed by atoms with E-state index in [4.69, 9.17) is 17.3 Å². The molecule has 3 rings (SSSR count). The maximum atomic E-state index is 14.2. The molecule has 1 aliphatic carbocycles. The van der Waals surface area contributed by atoms with Crippen LogP contribution in [0.1, 0.15) is 38.3 Å². The van der Waals surface area contributed by atoms with Gasteiger partial charge in [-0.1, -0.05) is 11.6 Å². The van der Waals surface area contributed by atoms with E-state index in [1.54, 1.807) is 0 Å². The Morgan fingerprint density at radius 1 is 1.21 bits per heavy atom. The number of hydrogen-bond acceptors (Lipinski definition) is 4. The number of carboxylic acid groups (broad SMARTS) is 1. The third-order valence-corrected chi connectivity index (χ3v) is 6.39. The summed E-state index contributed by atoms with van der Waals surface area (Å²) in [6.45, 7) is 0. The summed E-state index contributed by atoms with van der Waals surface area (Å²) in [7, 11) is -3.86. The van der Waals surface area contributed by atoms with Gasteiger partial charge < -0.3 is 10.8 Å². The first-order valence-electron chi connectivity index (χ1n) is 8.25. The Hall–Kier alpha value is -2.49. The van der Waals surface area contributed by atoms with E-state index in [0.29, 0.717) is 17.0 Å². The Labute approximate surface area is 165 Å². The van der Waals surface area contributed by atoms with Crippen LogP contribution in [0.3, 0.4) is 0 Å². The molecule has 7 nitrogen and oxygen atoms in total. The summed E-state index contributed by atoms with van der Waals surface area (Å²) in [5, 5.41) is 9.64. The highest BCUT2D eigenvalue weighted by Crippen LogP contribution is 2.30. The lowest BCUT2D eigenvalue weighted by molar-refractivity contribution is 0.0686. The highest BCUT2D eigenvalue weighted by Gasteiger charge is 2.31. The number of fused-ring (bicyclic) bond motifs is 1. The summed E-state index contributed by atoms with van der Waals surface area (Å²) in [5.74, 6) is -3.73. The number of carbonyl (C=O) groups is 2. The van der Waals surface area contributed by atoms with Gasteiger partial charge in [0, 0.05) is 11.1 Å². The van der Waals surface area contributed by atoms with Crippen molar-refractivity contribution in [2.24, 2.45) is 5.73 Å². The Kier molecular flexibility index (Phi) is 5.42. The first-order valence-corrected chi connectivity index (χ1v) is 10.1. The normalized spacial score (nSPS) is 16.4. The monoisotopic (exact) mass is 426 g/mol. The average molecular weight is 427 g/mol. The quantitative estimate of drug-likeness (QED) is 0.674. The Bertz CT molecular complexity index is 1070. The number of halogens is 2. The number of benzene rings is 2. The van der Waals surface area contributed by atoms with E-state index in [9.17, 15) is 27.5 Å². The second-order valence-electron chi connectivity index (χ2n) is 6.43. The van der Waals surface area contributed by atoms with Crippen LogP contribution in [0.25, 0.3) is 0 Å². The van der Waals surface area contributed by atoms with Crippen LogP contribution in [0.5, 0.6) is 0 Å². The molecule has 1 atom stereocenters. The van der Waals surface area contributed by atoms with Crippen molar-refractivity contribution in [3.63, 3.8) is 0 Å². The molecule has 0 saturated heterocycles. The van der Waals surface area contributed by atoms with Crippen LogP contribution >= 0.6 is 11.6 Å². The summed E-state index contributed by atoms with van der Waals surface area (Å²) in [6, 6.07) is 6.05. The molecular weight excluding hydrogens is 411 g/mol. The predicted octanol–water partition coefficient (Wildman–Crippen LogP) is 2.11. The molecular formula is C18H16ClFN2O5S. The number of nitrogens with one attached hydrogen (secondary N) is 1. The van der Waals surface area contributed by atoms with Gasteiger partial charge in [0.1, 0.15) is 11.4 Å².